The minimum absolute atomic E-state index is 0.160. The lowest BCUT2D eigenvalue weighted by atomic mass is 10.0. The summed E-state index contributed by atoms with van der Waals surface area (Å²) in [7, 11) is 0. The van der Waals surface area contributed by atoms with Crippen molar-refractivity contribution in [3.8, 4) is 0 Å². The summed E-state index contributed by atoms with van der Waals surface area (Å²) in [6.07, 6.45) is 3.20. The number of nitrogens with one attached hydrogen (secondary N) is 1. The second-order valence-electron chi connectivity index (χ2n) is 6.38. The zero-order valence-corrected chi connectivity index (χ0v) is 13.3. The molecule has 0 spiro atoms. The lowest BCUT2D eigenvalue weighted by molar-refractivity contribution is 0.0950. The smallest absolute Gasteiger partial charge is 0.409 e. The summed E-state index contributed by atoms with van der Waals surface area (Å²) in [6.45, 7) is 5.03. The van der Waals surface area contributed by atoms with Crippen molar-refractivity contribution in [1.29, 1.82) is 0 Å². The molecule has 2 fully saturated rings. The van der Waals surface area contributed by atoms with Crippen molar-refractivity contribution in [3.05, 3.63) is 35.9 Å². The van der Waals surface area contributed by atoms with Crippen molar-refractivity contribution in [3.63, 3.8) is 0 Å². The minimum atomic E-state index is -0.160. The molecule has 0 bridgehead atoms. The molecule has 22 heavy (non-hydrogen) atoms. The van der Waals surface area contributed by atoms with Gasteiger partial charge in [0.1, 0.15) is 0 Å². The summed E-state index contributed by atoms with van der Waals surface area (Å²) >= 11 is 0. The van der Waals surface area contributed by atoms with Crippen LogP contribution in [0.2, 0.25) is 0 Å². The molecule has 4 heteroatoms. The van der Waals surface area contributed by atoms with Gasteiger partial charge < -0.3 is 15.0 Å². The van der Waals surface area contributed by atoms with Crippen molar-refractivity contribution < 1.29 is 9.53 Å². The molecule has 1 N–H and O–H groups in total. The number of carbonyl (C=O) groups is 1. The van der Waals surface area contributed by atoms with Crippen LogP contribution in [0.15, 0.2) is 30.3 Å². The highest BCUT2D eigenvalue weighted by Gasteiger charge is 2.38. The van der Waals surface area contributed by atoms with Gasteiger partial charge in [0.2, 0.25) is 0 Å². The highest BCUT2D eigenvalue weighted by molar-refractivity contribution is 5.67. The summed E-state index contributed by atoms with van der Waals surface area (Å²) in [6, 6.07) is 11.4. The van der Waals surface area contributed by atoms with Crippen LogP contribution in [0.25, 0.3) is 0 Å². The predicted octanol–water partition coefficient (Wildman–Crippen LogP) is 3.00. The Kier molecular flexibility index (Phi) is 4.98. The van der Waals surface area contributed by atoms with E-state index in [9.17, 15) is 4.79 Å². The lowest BCUT2D eigenvalue weighted by Crippen LogP contribution is -2.45. The quantitative estimate of drug-likeness (QED) is 0.909. The Bertz CT molecular complexity index is 483. The highest BCUT2D eigenvalue weighted by Crippen LogP contribution is 2.46. The lowest BCUT2D eigenvalue weighted by Gasteiger charge is -2.31. The van der Waals surface area contributed by atoms with Crippen LogP contribution in [0.5, 0.6) is 0 Å². The number of hydrogen-bond donors (Lipinski definition) is 1. The third-order valence-electron chi connectivity index (χ3n) is 4.84. The first-order chi connectivity index (χ1) is 10.8. The Labute approximate surface area is 132 Å². The number of ether oxygens (including phenoxy) is 1. The van der Waals surface area contributed by atoms with Gasteiger partial charge in [0, 0.05) is 19.1 Å². The molecule has 1 aromatic rings. The molecule has 2 aliphatic rings. The number of likely N-dealkylation sites (tertiary alicyclic amines) is 1. The number of benzene rings is 1. The van der Waals surface area contributed by atoms with E-state index in [2.05, 4.69) is 35.6 Å². The van der Waals surface area contributed by atoms with Gasteiger partial charge in [-0.25, -0.2) is 4.79 Å². The third kappa shape index (κ3) is 3.80. The molecule has 120 valence electrons. The van der Waals surface area contributed by atoms with E-state index in [1.165, 1.54) is 12.0 Å². The zero-order chi connectivity index (χ0) is 15.4. The van der Waals surface area contributed by atoms with Crippen molar-refractivity contribution in [2.24, 2.45) is 5.92 Å². The van der Waals surface area contributed by atoms with Gasteiger partial charge in [0.05, 0.1) is 6.61 Å². The van der Waals surface area contributed by atoms with E-state index in [-0.39, 0.29) is 6.09 Å². The Morgan fingerprint density at radius 3 is 2.68 bits per heavy atom. The van der Waals surface area contributed by atoms with Crippen LogP contribution in [0.4, 0.5) is 4.79 Å². The van der Waals surface area contributed by atoms with Crippen molar-refractivity contribution >= 4 is 6.09 Å². The maximum absolute atomic E-state index is 11.7. The van der Waals surface area contributed by atoms with E-state index in [4.69, 9.17) is 4.74 Å². The van der Waals surface area contributed by atoms with E-state index >= 15 is 0 Å². The summed E-state index contributed by atoms with van der Waals surface area (Å²) in [5.74, 6) is 1.53. The van der Waals surface area contributed by atoms with Crippen LogP contribution in [-0.4, -0.2) is 43.3 Å². The Hall–Kier alpha value is -1.55. The van der Waals surface area contributed by atoms with Crippen molar-refractivity contribution in [2.45, 2.75) is 38.1 Å². The number of amides is 1. The van der Waals surface area contributed by atoms with E-state index in [1.807, 2.05) is 11.8 Å². The number of rotatable bonds is 5. The average molecular weight is 302 g/mol. The Morgan fingerprint density at radius 2 is 2.00 bits per heavy atom. The molecule has 1 aliphatic carbocycles. The Morgan fingerprint density at radius 1 is 1.27 bits per heavy atom. The second kappa shape index (κ2) is 7.14. The molecule has 1 aliphatic heterocycles. The van der Waals surface area contributed by atoms with Crippen molar-refractivity contribution in [1.82, 2.24) is 10.2 Å². The topological polar surface area (TPSA) is 41.6 Å². The van der Waals surface area contributed by atoms with Gasteiger partial charge >= 0.3 is 6.09 Å². The van der Waals surface area contributed by atoms with E-state index in [0.717, 1.165) is 44.3 Å². The molecule has 0 radical (unpaired) electrons. The van der Waals surface area contributed by atoms with Crippen LogP contribution in [0.3, 0.4) is 0 Å². The molecule has 3 rings (SSSR count). The number of carbonyl (C=O) groups excluding carboxylic acids is 1. The summed E-state index contributed by atoms with van der Waals surface area (Å²) in [5, 5.41) is 3.70. The summed E-state index contributed by atoms with van der Waals surface area (Å²) < 4.78 is 5.05. The van der Waals surface area contributed by atoms with Gasteiger partial charge in [0.25, 0.3) is 0 Å². The molecule has 0 unspecified atom stereocenters. The number of hydrogen-bond acceptors (Lipinski definition) is 3. The van der Waals surface area contributed by atoms with Gasteiger partial charge in [-0.1, -0.05) is 30.3 Å². The largest absolute Gasteiger partial charge is 0.450 e. The van der Waals surface area contributed by atoms with Crippen LogP contribution in [0.1, 0.15) is 37.7 Å². The normalized spacial score (nSPS) is 25.0. The van der Waals surface area contributed by atoms with Gasteiger partial charge in [-0.15, -0.1) is 0 Å². The van der Waals surface area contributed by atoms with Gasteiger partial charge in [-0.2, -0.15) is 0 Å². The number of nitrogens with zero attached hydrogens (tertiary/aromatic N) is 1. The predicted molar refractivity (Wildman–Crippen MR) is 86.9 cm³/mol. The second-order valence-corrected chi connectivity index (χ2v) is 6.38. The van der Waals surface area contributed by atoms with Crippen LogP contribution in [-0.2, 0) is 4.74 Å². The molecular formula is C18H26N2O2. The summed E-state index contributed by atoms with van der Waals surface area (Å²) in [4.78, 5) is 13.5. The molecule has 4 nitrogen and oxygen atoms in total. The first kappa shape index (κ1) is 15.3. The standard InChI is InChI=1S/C18H26N2O2/c1-2-22-18(21)20-10-8-16(9-11-20)19-13-15-12-17(15)14-6-4-3-5-7-14/h3-7,15-17,19H,2,8-13H2,1H3/t15-,17-/m1/s1. The average Bonchev–Trinajstić information content (AvgIpc) is 3.34. The molecule has 1 heterocycles. The third-order valence-corrected chi connectivity index (χ3v) is 4.84. The molecule has 1 saturated heterocycles. The fourth-order valence-electron chi connectivity index (χ4n) is 3.38. The van der Waals surface area contributed by atoms with Gasteiger partial charge in [-0.05, 0) is 50.1 Å². The van der Waals surface area contributed by atoms with Crippen LogP contribution < -0.4 is 5.32 Å². The summed E-state index contributed by atoms with van der Waals surface area (Å²) in [5.41, 5.74) is 1.48. The fraction of sp³-hybridized carbons (Fsp3) is 0.611. The van der Waals surface area contributed by atoms with E-state index in [0.29, 0.717) is 12.6 Å². The first-order valence-corrected chi connectivity index (χ1v) is 8.48. The van der Waals surface area contributed by atoms with E-state index in [1.54, 1.807) is 0 Å². The monoisotopic (exact) mass is 302 g/mol. The molecule has 1 amide bonds. The minimum Gasteiger partial charge on any atom is -0.450 e. The molecule has 0 aromatic heterocycles. The van der Waals surface area contributed by atoms with Crippen LogP contribution in [0, 0.1) is 5.92 Å². The first-order valence-electron chi connectivity index (χ1n) is 8.48. The zero-order valence-electron chi connectivity index (χ0n) is 13.3. The SMILES string of the molecule is CCOC(=O)N1CCC(NC[C@H]2C[C@@H]2c2ccccc2)CC1. The number of piperidine rings is 1. The molecule has 1 aromatic carbocycles. The molecule has 1 saturated carbocycles. The van der Waals surface area contributed by atoms with E-state index < -0.39 is 0 Å². The van der Waals surface area contributed by atoms with Crippen molar-refractivity contribution in [2.75, 3.05) is 26.2 Å². The molecule has 2 atom stereocenters. The van der Waals surface area contributed by atoms with Gasteiger partial charge in [-0.3, -0.25) is 0 Å². The fourth-order valence-corrected chi connectivity index (χ4v) is 3.38. The maximum Gasteiger partial charge on any atom is 0.409 e. The van der Waals surface area contributed by atoms with Crippen LogP contribution >= 0.6 is 0 Å². The highest BCUT2D eigenvalue weighted by atomic mass is 16.6. The molecular weight excluding hydrogens is 276 g/mol. The van der Waals surface area contributed by atoms with Gasteiger partial charge in [0.15, 0.2) is 0 Å². The Balaban J connectivity index is 1.36. The maximum atomic E-state index is 11.7.